The standard InChI is InChI=1S/C11H12ClN3O/c12-10-6-8-3-4-15(11(8)14-13-10)7-9-2-1-5-16-9/h3-4,6,9H,1-2,5,7H2. The maximum atomic E-state index is 5.79. The third-order valence-corrected chi connectivity index (χ3v) is 3.09. The highest BCUT2D eigenvalue weighted by Gasteiger charge is 2.17. The predicted molar refractivity (Wildman–Crippen MR) is 61.5 cm³/mol. The van der Waals surface area contributed by atoms with Crippen LogP contribution in [0.2, 0.25) is 5.15 Å². The van der Waals surface area contributed by atoms with Crippen LogP contribution in [0.25, 0.3) is 11.0 Å². The van der Waals surface area contributed by atoms with E-state index in [4.69, 9.17) is 16.3 Å². The lowest BCUT2D eigenvalue weighted by molar-refractivity contribution is 0.0979. The van der Waals surface area contributed by atoms with E-state index in [0.29, 0.717) is 11.3 Å². The molecule has 0 amide bonds. The number of halogens is 1. The summed E-state index contributed by atoms with van der Waals surface area (Å²) in [5.41, 5.74) is 0.875. The molecular formula is C11H12ClN3O. The Bertz CT molecular complexity index is 505. The van der Waals surface area contributed by atoms with Gasteiger partial charge in [0, 0.05) is 18.2 Å². The zero-order valence-electron chi connectivity index (χ0n) is 8.77. The van der Waals surface area contributed by atoms with Crippen LogP contribution in [0.1, 0.15) is 12.8 Å². The first kappa shape index (κ1) is 10.1. The second kappa shape index (κ2) is 4.03. The molecule has 0 saturated carbocycles. The molecule has 1 saturated heterocycles. The molecular weight excluding hydrogens is 226 g/mol. The first-order valence-electron chi connectivity index (χ1n) is 5.42. The maximum Gasteiger partial charge on any atom is 0.162 e. The van der Waals surface area contributed by atoms with Crippen molar-refractivity contribution in [1.82, 2.24) is 14.8 Å². The molecule has 3 heterocycles. The Labute approximate surface area is 98.2 Å². The van der Waals surface area contributed by atoms with E-state index in [9.17, 15) is 0 Å². The van der Waals surface area contributed by atoms with Gasteiger partial charge in [-0.15, -0.1) is 10.2 Å². The highest BCUT2D eigenvalue weighted by atomic mass is 35.5. The van der Waals surface area contributed by atoms with Gasteiger partial charge in [-0.2, -0.15) is 0 Å². The molecule has 84 valence electrons. The highest BCUT2D eigenvalue weighted by molar-refractivity contribution is 6.29. The minimum absolute atomic E-state index is 0.313. The van der Waals surface area contributed by atoms with E-state index in [1.807, 2.05) is 18.3 Å². The summed E-state index contributed by atoms with van der Waals surface area (Å²) in [6.07, 6.45) is 4.60. The molecule has 2 aromatic rings. The van der Waals surface area contributed by atoms with Crippen LogP contribution in [0.5, 0.6) is 0 Å². The van der Waals surface area contributed by atoms with Crippen LogP contribution in [-0.2, 0) is 11.3 Å². The van der Waals surface area contributed by atoms with Gasteiger partial charge in [-0.05, 0) is 25.0 Å². The summed E-state index contributed by atoms with van der Waals surface area (Å²) in [5, 5.41) is 9.44. The fourth-order valence-electron chi connectivity index (χ4n) is 2.12. The van der Waals surface area contributed by atoms with Gasteiger partial charge in [-0.1, -0.05) is 11.6 Å². The fraction of sp³-hybridized carbons (Fsp3) is 0.455. The van der Waals surface area contributed by atoms with E-state index in [0.717, 1.165) is 37.0 Å². The molecule has 1 aliphatic heterocycles. The summed E-state index contributed by atoms with van der Waals surface area (Å²) in [4.78, 5) is 0. The van der Waals surface area contributed by atoms with E-state index >= 15 is 0 Å². The molecule has 0 N–H and O–H groups in total. The van der Waals surface area contributed by atoms with Gasteiger partial charge < -0.3 is 9.30 Å². The van der Waals surface area contributed by atoms with Crippen molar-refractivity contribution in [1.29, 1.82) is 0 Å². The number of fused-ring (bicyclic) bond motifs is 1. The van der Waals surface area contributed by atoms with Crippen molar-refractivity contribution in [3.8, 4) is 0 Å². The van der Waals surface area contributed by atoms with E-state index in [1.165, 1.54) is 0 Å². The Morgan fingerprint density at radius 3 is 3.25 bits per heavy atom. The van der Waals surface area contributed by atoms with E-state index in [-0.39, 0.29) is 0 Å². The summed E-state index contributed by atoms with van der Waals surface area (Å²) >= 11 is 5.79. The molecule has 4 nitrogen and oxygen atoms in total. The molecule has 0 aromatic carbocycles. The van der Waals surface area contributed by atoms with Gasteiger partial charge in [0.05, 0.1) is 12.6 Å². The van der Waals surface area contributed by atoms with Gasteiger partial charge in [0.1, 0.15) is 0 Å². The highest BCUT2D eigenvalue weighted by Crippen LogP contribution is 2.19. The van der Waals surface area contributed by atoms with Crippen molar-refractivity contribution in [2.45, 2.75) is 25.5 Å². The fourth-order valence-corrected chi connectivity index (χ4v) is 2.27. The average Bonchev–Trinajstić information content (AvgIpc) is 2.89. The predicted octanol–water partition coefficient (Wildman–Crippen LogP) is 2.26. The van der Waals surface area contributed by atoms with Gasteiger partial charge in [-0.3, -0.25) is 0 Å². The average molecular weight is 238 g/mol. The minimum atomic E-state index is 0.313. The normalized spacial score (nSPS) is 20.7. The van der Waals surface area contributed by atoms with Gasteiger partial charge in [-0.25, -0.2) is 0 Å². The minimum Gasteiger partial charge on any atom is -0.376 e. The van der Waals surface area contributed by atoms with Gasteiger partial charge in [0.2, 0.25) is 0 Å². The van der Waals surface area contributed by atoms with E-state index < -0.39 is 0 Å². The molecule has 0 bridgehead atoms. The zero-order chi connectivity index (χ0) is 11.0. The SMILES string of the molecule is Clc1cc2ccn(CC3CCCO3)c2nn1. The molecule has 16 heavy (non-hydrogen) atoms. The zero-order valence-corrected chi connectivity index (χ0v) is 9.52. The number of hydrogen-bond donors (Lipinski definition) is 0. The van der Waals surface area contributed by atoms with Gasteiger partial charge >= 0.3 is 0 Å². The molecule has 1 unspecified atom stereocenters. The second-order valence-electron chi connectivity index (χ2n) is 4.05. The van der Waals surface area contributed by atoms with Crippen LogP contribution >= 0.6 is 11.6 Å². The molecule has 1 aliphatic rings. The summed E-state index contributed by atoms with van der Waals surface area (Å²) in [6.45, 7) is 1.72. The Kier molecular flexibility index (Phi) is 2.53. The largest absolute Gasteiger partial charge is 0.376 e. The maximum absolute atomic E-state index is 5.79. The molecule has 1 fully saturated rings. The third-order valence-electron chi connectivity index (χ3n) is 2.90. The quantitative estimate of drug-likeness (QED) is 0.805. The summed E-state index contributed by atoms with van der Waals surface area (Å²) in [5.74, 6) is 0. The summed E-state index contributed by atoms with van der Waals surface area (Å²) in [6, 6.07) is 3.83. The molecule has 0 spiro atoms. The molecule has 0 aliphatic carbocycles. The van der Waals surface area contributed by atoms with Crippen LogP contribution in [0.15, 0.2) is 18.3 Å². The van der Waals surface area contributed by atoms with Crippen molar-refractivity contribution in [2.75, 3.05) is 6.61 Å². The van der Waals surface area contributed by atoms with Crippen LogP contribution in [0, 0.1) is 0 Å². The van der Waals surface area contributed by atoms with Crippen molar-refractivity contribution in [2.24, 2.45) is 0 Å². The Morgan fingerprint density at radius 2 is 2.44 bits per heavy atom. The first-order chi connectivity index (χ1) is 7.83. The van der Waals surface area contributed by atoms with Gasteiger partial charge in [0.15, 0.2) is 10.8 Å². The Balaban J connectivity index is 1.91. The first-order valence-corrected chi connectivity index (χ1v) is 5.80. The number of ether oxygens (including phenoxy) is 1. The lowest BCUT2D eigenvalue weighted by Gasteiger charge is -2.10. The van der Waals surface area contributed by atoms with Crippen molar-refractivity contribution in [3.63, 3.8) is 0 Å². The smallest absolute Gasteiger partial charge is 0.162 e. The van der Waals surface area contributed by atoms with Gasteiger partial charge in [0.25, 0.3) is 0 Å². The van der Waals surface area contributed by atoms with Crippen molar-refractivity contribution >= 4 is 22.6 Å². The number of hydrogen-bond acceptors (Lipinski definition) is 3. The van der Waals surface area contributed by atoms with E-state index in [1.54, 1.807) is 0 Å². The monoisotopic (exact) mass is 237 g/mol. The molecule has 2 aromatic heterocycles. The van der Waals surface area contributed by atoms with Crippen molar-refractivity contribution in [3.05, 3.63) is 23.5 Å². The van der Waals surface area contributed by atoms with Crippen molar-refractivity contribution < 1.29 is 4.74 Å². The lowest BCUT2D eigenvalue weighted by Crippen LogP contribution is -2.14. The number of aromatic nitrogens is 3. The van der Waals surface area contributed by atoms with Crippen LogP contribution in [0.3, 0.4) is 0 Å². The molecule has 0 radical (unpaired) electrons. The number of nitrogens with zero attached hydrogens (tertiary/aromatic N) is 3. The topological polar surface area (TPSA) is 39.9 Å². The number of rotatable bonds is 2. The lowest BCUT2D eigenvalue weighted by atomic mass is 10.2. The Hall–Kier alpha value is -1.13. The summed E-state index contributed by atoms with van der Waals surface area (Å²) in [7, 11) is 0. The molecule has 5 heteroatoms. The Morgan fingerprint density at radius 1 is 1.50 bits per heavy atom. The molecule has 3 rings (SSSR count). The van der Waals surface area contributed by atoms with Crippen LogP contribution in [-0.4, -0.2) is 27.5 Å². The third kappa shape index (κ3) is 1.79. The van der Waals surface area contributed by atoms with E-state index in [2.05, 4.69) is 14.8 Å². The summed E-state index contributed by atoms with van der Waals surface area (Å²) < 4.78 is 7.68. The van der Waals surface area contributed by atoms with Crippen LogP contribution in [0.4, 0.5) is 0 Å². The van der Waals surface area contributed by atoms with Crippen LogP contribution < -0.4 is 0 Å². The second-order valence-corrected chi connectivity index (χ2v) is 4.44. The molecule has 1 atom stereocenters.